The first-order valence-electron chi connectivity index (χ1n) is 9.28. The lowest BCUT2D eigenvalue weighted by Crippen LogP contribution is -2.52. The molecule has 1 N–H and O–H groups in total. The lowest BCUT2D eigenvalue weighted by atomic mass is 9.78. The highest BCUT2D eigenvalue weighted by molar-refractivity contribution is 5.87. The van der Waals surface area contributed by atoms with Gasteiger partial charge in [0.15, 0.2) is 0 Å². The van der Waals surface area contributed by atoms with Gasteiger partial charge in [-0.3, -0.25) is 14.4 Å². The number of ether oxygens (including phenoxy) is 3. The van der Waals surface area contributed by atoms with Crippen molar-refractivity contribution in [2.75, 3.05) is 33.0 Å². The van der Waals surface area contributed by atoms with Crippen LogP contribution in [0.5, 0.6) is 0 Å². The molecule has 8 heteroatoms. The first-order valence-corrected chi connectivity index (χ1v) is 9.28. The van der Waals surface area contributed by atoms with Crippen LogP contribution < -0.4 is 5.32 Å². The maximum absolute atomic E-state index is 12.9. The molecule has 1 amide bonds. The Kier molecular flexibility index (Phi) is 5.53. The lowest BCUT2D eigenvalue weighted by Gasteiger charge is -2.33. The molecule has 0 aromatic heterocycles. The van der Waals surface area contributed by atoms with E-state index in [9.17, 15) is 14.4 Å². The van der Waals surface area contributed by atoms with E-state index in [1.807, 2.05) is 0 Å². The van der Waals surface area contributed by atoms with E-state index in [4.69, 9.17) is 14.2 Å². The minimum absolute atomic E-state index is 0.0349. The van der Waals surface area contributed by atoms with Crippen LogP contribution in [-0.4, -0.2) is 67.9 Å². The van der Waals surface area contributed by atoms with E-state index in [1.54, 1.807) is 25.7 Å². The summed E-state index contributed by atoms with van der Waals surface area (Å²) in [6.07, 6.45) is 1.02. The molecule has 0 saturated carbocycles. The largest absolute Gasteiger partial charge is 0.428 e. The number of rotatable bonds is 4. The lowest BCUT2D eigenvalue weighted by molar-refractivity contribution is -0.178. The molecule has 3 heterocycles. The van der Waals surface area contributed by atoms with E-state index >= 15 is 0 Å². The molecule has 8 nitrogen and oxygen atoms in total. The number of hydrogen-bond donors (Lipinski definition) is 1. The van der Waals surface area contributed by atoms with Crippen LogP contribution in [0.2, 0.25) is 0 Å². The molecule has 0 radical (unpaired) electrons. The highest BCUT2D eigenvalue weighted by Crippen LogP contribution is 2.44. The molecule has 3 fully saturated rings. The third-order valence-corrected chi connectivity index (χ3v) is 5.26. The topological polar surface area (TPSA) is 94.2 Å². The third kappa shape index (κ3) is 3.86. The Morgan fingerprint density at radius 1 is 1.04 bits per heavy atom. The van der Waals surface area contributed by atoms with Crippen molar-refractivity contribution in [2.45, 2.75) is 45.8 Å². The van der Waals surface area contributed by atoms with E-state index in [-0.39, 0.29) is 18.1 Å². The summed E-state index contributed by atoms with van der Waals surface area (Å²) in [5, 5.41) is 3.21. The van der Waals surface area contributed by atoms with Crippen molar-refractivity contribution in [1.29, 1.82) is 0 Å². The van der Waals surface area contributed by atoms with Gasteiger partial charge in [0.25, 0.3) is 0 Å². The fourth-order valence-corrected chi connectivity index (χ4v) is 3.84. The van der Waals surface area contributed by atoms with Gasteiger partial charge in [0, 0.05) is 26.2 Å². The van der Waals surface area contributed by atoms with Crippen LogP contribution in [0.3, 0.4) is 0 Å². The second-order valence-corrected chi connectivity index (χ2v) is 8.18. The van der Waals surface area contributed by atoms with Crippen LogP contribution in [-0.2, 0) is 28.6 Å². The van der Waals surface area contributed by atoms with Gasteiger partial charge < -0.3 is 24.4 Å². The van der Waals surface area contributed by atoms with Crippen molar-refractivity contribution in [3.63, 3.8) is 0 Å². The highest BCUT2D eigenvalue weighted by atomic mass is 16.7. The van der Waals surface area contributed by atoms with Gasteiger partial charge in [0.05, 0.1) is 29.5 Å². The van der Waals surface area contributed by atoms with Crippen LogP contribution in [0.25, 0.3) is 0 Å². The maximum atomic E-state index is 12.9. The summed E-state index contributed by atoms with van der Waals surface area (Å²) in [5.74, 6) is -2.12. The molecule has 0 aliphatic carbocycles. The van der Waals surface area contributed by atoms with E-state index in [1.165, 1.54) is 0 Å². The summed E-state index contributed by atoms with van der Waals surface area (Å²) in [6.45, 7) is 7.53. The van der Waals surface area contributed by atoms with Crippen LogP contribution in [0.4, 0.5) is 0 Å². The molecule has 0 unspecified atom stereocenters. The zero-order chi connectivity index (χ0) is 18.9. The molecule has 3 saturated heterocycles. The Morgan fingerprint density at radius 3 is 2.27 bits per heavy atom. The van der Waals surface area contributed by atoms with E-state index < -0.39 is 36.0 Å². The second kappa shape index (κ2) is 7.52. The number of fused-ring (bicyclic) bond motifs is 2. The number of carbonyl (C=O) groups is 3. The standard InChI is InChI=1S/C18H28N2O6/c1-18(2,3)17(23)25-10-24-16(22)14-12-5-4-11(26-12)13(14)15(21)20-8-6-19-7-9-20/h11-14,19H,4-10H2,1-3H3/t11-,12+,13-,14+/m0/s1. The number of esters is 2. The third-order valence-electron chi connectivity index (χ3n) is 5.26. The van der Waals surface area contributed by atoms with Gasteiger partial charge in [-0.15, -0.1) is 0 Å². The minimum Gasteiger partial charge on any atom is -0.428 e. The normalized spacial score (nSPS) is 31.0. The summed E-state index contributed by atoms with van der Waals surface area (Å²) in [6, 6.07) is 0. The molecule has 0 aromatic carbocycles. The van der Waals surface area contributed by atoms with Gasteiger partial charge in [-0.05, 0) is 33.6 Å². The van der Waals surface area contributed by atoms with Crippen molar-refractivity contribution in [3.05, 3.63) is 0 Å². The number of amides is 1. The fraction of sp³-hybridized carbons (Fsp3) is 0.833. The molecule has 3 aliphatic rings. The van der Waals surface area contributed by atoms with Crippen molar-refractivity contribution in [3.8, 4) is 0 Å². The van der Waals surface area contributed by atoms with Crippen molar-refractivity contribution >= 4 is 17.8 Å². The predicted octanol–water partition coefficient (Wildman–Crippen LogP) is 0.302. The van der Waals surface area contributed by atoms with Crippen LogP contribution >= 0.6 is 0 Å². The Balaban J connectivity index is 1.60. The number of nitrogens with one attached hydrogen (secondary N) is 1. The molecule has 2 bridgehead atoms. The zero-order valence-electron chi connectivity index (χ0n) is 15.7. The quantitative estimate of drug-likeness (QED) is 0.563. The Bertz CT molecular complexity index is 567. The first kappa shape index (κ1) is 19.1. The van der Waals surface area contributed by atoms with E-state index in [0.29, 0.717) is 13.1 Å². The summed E-state index contributed by atoms with van der Waals surface area (Å²) >= 11 is 0. The van der Waals surface area contributed by atoms with Gasteiger partial charge in [-0.2, -0.15) is 0 Å². The van der Waals surface area contributed by atoms with Crippen LogP contribution in [0.15, 0.2) is 0 Å². The first-order chi connectivity index (χ1) is 12.3. The van der Waals surface area contributed by atoms with Crippen molar-refractivity contribution < 1.29 is 28.6 Å². The zero-order valence-corrected chi connectivity index (χ0v) is 15.7. The molecule has 3 aliphatic heterocycles. The summed E-state index contributed by atoms with van der Waals surface area (Å²) in [4.78, 5) is 39.1. The Morgan fingerprint density at radius 2 is 1.65 bits per heavy atom. The summed E-state index contributed by atoms with van der Waals surface area (Å²) in [7, 11) is 0. The maximum Gasteiger partial charge on any atom is 0.315 e. The smallest absolute Gasteiger partial charge is 0.315 e. The number of carbonyl (C=O) groups excluding carboxylic acids is 3. The van der Waals surface area contributed by atoms with Crippen molar-refractivity contribution in [1.82, 2.24) is 10.2 Å². The van der Waals surface area contributed by atoms with Crippen molar-refractivity contribution in [2.24, 2.45) is 17.3 Å². The molecule has 146 valence electrons. The number of nitrogens with zero attached hydrogens (tertiary/aromatic N) is 1. The van der Waals surface area contributed by atoms with Gasteiger partial charge in [0.1, 0.15) is 0 Å². The molecule has 4 atom stereocenters. The molecular formula is C18H28N2O6. The molecular weight excluding hydrogens is 340 g/mol. The van der Waals surface area contributed by atoms with Crippen LogP contribution in [0.1, 0.15) is 33.6 Å². The average Bonchev–Trinajstić information content (AvgIpc) is 3.22. The molecule has 0 spiro atoms. The monoisotopic (exact) mass is 368 g/mol. The predicted molar refractivity (Wildman–Crippen MR) is 90.8 cm³/mol. The molecule has 0 aromatic rings. The van der Waals surface area contributed by atoms with Gasteiger partial charge in [0.2, 0.25) is 12.7 Å². The highest BCUT2D eigenvalue weighted by Gasteiger charge is 2.57. The summed E-state index contributed by atoms with van der Waals surface area (Å²) in [5.41, 5.74) is -0.664. The van der Waals surface area contributed by atoms with Crippen LogP contribution in [0, 0.1) is 17.3 Å². The van der Waals surface area contributed by atoms with Gasteiger partial charge in [-0.25, -0.2) is 0 Å². The second-order valence-electron chi connectivity index (χ2n) is 8.18. The van der Waals surface area contributed by atoms with Gasteiger partial charge >= 0.3 is 11.9 Å². The van der Waals surface area contributed by atoms with Gasteiger partial charge in [-0.1, -0.05) is 0 Å². The summed E-state index contributed by atoms with van der Waals surface area (Å²) < 4.78 is 16.0. The average molecular weight is 368 g/mol. The fourth-order valence-electron chi connectivity index (χ4n) is 3.84. The Hall–Kier alpha value is -1.67. The SMILES string of the molecule is CC(C)(C)C(=O)OCOC(=O)[C@H]1[C@@H](C(=O)N2CCNCC2)[C@@H]2CC[C@H]1O2. The number of hydrogen-bond acceptors (Lipinski definition) is 7. The molecule has 3 rings (SSSR count). The number of piperazine rings is 1. The van der Waals surface area contributed by atoms with E-state index in [0.717, 1.165) is 25.9 Å². The minimum atomic E-state index is -0.664. The Labute approximate surface area is 153 Å². The molecule has 26 heavy (non-hydrogen) atoms. The van der Waals surface area contributed by atoms with E-state index in [2.05, 4.69) is 5.32 Å².